The van der Waals surface area contributed by atoms with E-state index in [2.05, 4.69) is 26.0 Å². The van der Waals surface area contributed by atoms with Crippen molar-refractivity contribution in [2.75, 3.05) is 24.9 Å². The molecule has 2 aromatic carbocycles. The molecule has 1 atom stereocenters. The summed E-state index contributed by atoms with van der Waals surface area (Å²) in [4.78, 5) is 14.4. The molecule has 5 heteroatoms. The largest absolute Gasteiger partial charge is 0.497 e. The predicted octanol–water partition coefficient (Wildman–Crippen LogP) is 4.61. The van der Waals surface area contributed by atoms with E-state index in [1.54, 1.807) is 26.0 Å². The first kappa shape index (κ1) is 17.7. The Kier molecular flexibility index (Phi) is 5.23. The molecule has 0 saturated carbocycles. The quantitative estimate of drug-likeness (QED) is 0.783. The minimum Gasteiger partial charge on any atom is -0.497 e. The molecule has 4 nitrogen and oxygen atoms in total. The normalized spacial score (nSPS) is 17.2. The third-order valence-electron chi connectivity index (χ3n) is 4.41. The maximum Gasteiger partial charge on any atom is 0.238 e. The van der Waals surface area contributed by atoms with Gasteiger partial charge in [-0.3, -0.25) is 9.69 Å². The van der Waals surface area contributed by atoms with Crippen LogP contribution in [0, 0.1) is 0 Å². The molecule has 1 saturated heterocycles. The maximum atomic E-state index is 12.6. The molecule has 1 aliphatic rings. The van der Waals surface area contributed by atoms with Gasteiger partial charge < -0.3 is 9.47 Å². The minimum atomic E-state index is -0.123. The molecular weight excluding hydrogens is 334 g/mol. The van der Waals surface area contributed by atoms with Gasteiger partial charge in [0.05, 0.1) is 20.0 Å². The molecule has 0 spiro atoms. The first-order valence-corrected chi connectivity index (χ1v) is 9.35. The van der Waals surface area contributed by atoms with Gasteiger partial charge in [0.25, 0.3) is 0 Å². The highest BCUT2D eigenvalue weighted by Crippen LogP contribution is 2.45. The number of methoxy groups -OCH3 is 2. The summed E-state index contributed by atoms with van der Waals surface area (Å²) < 4.78 is 10.9. The second-order valence-electron chi connectivity index (χ2n) is 6.28. The van der Waals surface area contributed by atoms with Crippen LogP contribution in [0.1, 0.15) is 36.3 Å². The van der Waals surface area contributed by atoms with Crippen LogP contribution < -0.4 is 14.4 Å². The van der Waals surface area contributed by atoms with Crippen LogP contribution in [0.25, 0.3) is 0 Å². The number of nitrogens with zero attached hydrogens (tertiary/aromatic N) is 1. The van der Waals surface area contributed by atoms with Crippen LogP contribution in [0.2, 0.25) is 0 Å². The van der Waals surface area contributed by atoms with E-state index in [0.717, 1.165) is 22.7 Å². The Morgan fingerprint density at radius 2 is 1.80 bits per heavy atom. The number of anilines is 1. The molecule has 0 aliphatic carbocycles. The average molecular weight is 357 g/mol. The fourth-order valence-electron chi connectivity index (χ4n) is 2.99. The highest BCUT2D eigenvalue weighted by molar-refractivity contribution is 8.00. The van der Waals surface area contributed by atoms with E-state index in [4.69, 9.17) is 9.47 Å². The lowest BCUT2D eigenvalue weighted by Gasteiger charge is -2.26. The fraction of sp³-hybridized carbons (Fsp3) is 0.350. The van der Waals surface area contributed by atoms with Gasteiger partial charge in [0.15, 0.2) is 0 Å². The van der Waals surface area contributed by atoms with Gasteiger partial charge in [-0.05, 0) is 41.8 Å². The number of carbonyl (C=O) groups excluding carboxylic acids is 1. The van der Waals surface area contributed by atoms with E-state index in [-0.39, 0.29) is 11.3 Å². The zero-order valence-electron chi connectivity index (χ0n) is 15.0. The standard InChI is InChI=1S/C20H23NO3S/c1-13(2)14-5-7-15(8-6-14)21-19(22)12-25-20(21)17-11-16(23-3)9-10-18(17)24-4/h5-11,13,20H,12H2,1-4H3. The number of rotatable bonds is 5. The zero-order valence-corrected chi connectivity index (χ0v) is 15.8. The number of amides is 1. The van der Waals surface area contributed by atoms with E-state index in [9.17, 15) is 4.79 Å². The number of thioether (sulfide) groups is 1. The first-order valence-electron chi connectivity index (χ1n) is 8.30. The van der Waals surface area contributed by atoms with Gasteiger partial charge in [0, 0.05) is 11.3 Å². The van der Waals surface area contributed by atoms with E-state index < -0.39 is 0 Å². The van der Waals surface area contributed by atoms with Crippen LogP contribution in [-0.2, 0) is 4.79 Å². The Bertz CT molecular complexity index is 758. The van der Waals surface area contributed by atoms with Crippen molar-refractivity contribution in [3.63, 3.8) is 0 Å². The Morgan fingerprint density at radius 3 is 2.40 bits per heavy atom. The van der Waals surface area contributed by atoms with Crippen molar-refractivity contribution in [3.8, 4) is 11.5 Å². The number of ether oxygens (including phenoxy) is 2. The van der Waals surface area contributed by atoms with Gasteiger partial charge in [-0.15, -0.1) is 11.8 Å². The molecule has 0 aromatic heterocycles. The highest BCUT2D eigenvalue weighted by Gasteiger charge is 2.36. The Labute approximate surface area is 153 Å². The smallest absolute Gasteiger partial charge is 0.238 e. The number of benzene rings is 2. The summed E-state index contributed by atoms with van der Waals surface area (Å²) >= 11 is 1.61. The Hall–Kier alpha value is -2.14. The Morgan fingerprint density at radius 1 is 1.08 bits per heavy atom. The summed E-state index contributed by atoms with van der Waals surface area (Å²) in [6.07, 6.45) is 0. The minimum absolute atomic E-state index is 0.108. The number of carbonyl (C=O) groups is 1. The molecule has 0 N–H and O–H groups in total. The second kappa shape index (κ2) is 7.40. The van der Waals surface area contributed by atoms with E-state index in [1.165, 1.54) is 5.56 Å². The van der Waals surface area contributed by atoms with Crippen molar-refractivity contribution in [1.82, 2.24) is 0 Å². The second-order valence-corrected chi connectivity index (χ2v) is 7.35. The van der Waals surface area contributed by atoms with Crippen LogP contribution in [0.3, 0.4) is 0 Å². The van der Waals surface area contributed by atoms with Gasteiger partial charge in [0.2, 0.25) is 5.91 Å². The van der Waals surface area contributed by atoms with Crippen LogP contribution in [0.5, 0.6) is 11.5 Å². The van der Waals surface area contributed by atoms with Crippen molar-refractivity contribution < 1.29 is 14.3 Å². The van der Waals surface area contributed by atoms with Gasteiger partial charge >= 0.3 is 0 Å². The average Bonchev–Trinajstić information content (AvgIpc) is 3.02. The van der Waals surface area contributed by atoms with Crippen molar-refractivity contribution in [2.24, 2.45) is 0 Å². The maximum absolute atomic E-state index is 12.6. The van der Waals surface area contributed by atoms with Gasteiger partial charge in [-0.2, -0.15) is 0 Å². The SMILES string of the molecule is COc1ccc(OC)c(C2SCC(=O)N2c2ccc(C(C)C)cc2)c1. The van der Waals surface area contributed by atoms with Crippen molar-refractivity contribution in [2.45, 2.75) is 25.1 Å². The zero-order chi connectivity index (χ0) is 18.0. The van der Waals surface area contributed by atoms with Crippen LogP contribution >= 0.6 is 11.8 Å². The number of hydrogen-bond donors (Lipinski definition) is 0. The molecule has 0 bridgehead atoms. The molecular formula is C20H23NO3S. The molecule has 132 valence electrons. The van der Waals surface area contributed by atoms with Crippen molar-refractivity contribution in [1.29, 1.82) is 0 Å². The summed E-state index contributed by atoms with van der Waals surface area (Å²) in [5.74, 6) is 2.54. The molecule has 25 heavy (non-hydrogen) atoms. The van der Waals surface area contributed by atoms with Crippen LogP contribution in [-0.4, -0.2) is 25.9 Å². The molecule has 1 aliphatic heterocycles. The highest BCUT2D eigenvalue weighted by atomic mass is 32.2. The van der Waals surface area contributed by atoms with Crippen LogP contribution in [0.4, 0.5) is 5.69 Å². The molecule has 0 radical (unpaired) electrons. The first-order chi connectivity index (χ1) is 12.0. The molecule has 2 aromatic rings. The van der Waals surface area contributed by atoms with E-state index in [0.29, 0.717) is 11.7 Å². The summed E-state index contributed by atoms with van der Waals surface area (Å²) in [7, 11) is 3.29. The number of hydrogen-bond acceptors (Lipinski definition) is 4. The van der Waals surface area contributed by atoms with Gasteiger partial charge in [-0.25, -0.2) is 0 Å². The lowest BCUT2D eigenvalue weighted by atomic mass is 10.0. The molecule has 3 rings (SSSR count). The molecule has 1 fully saturated rings. The van der Waals surface area contributed by atoms with E-state index >= 15 is 0 Å². The summed E-state index contributed by atoms with van der Waals surface area (Å²) in [5.41, 5.74) is 3.12. The lowest BCUT2D eigenvalue weighted by Crippen LogP contribution is -2.28. The summed E-state index contributed by atoms with van der Waals surface area (Å²) in [6, 6.07) is 13.9. The van der Waals surface area contributed by atoms with Crippen molar-refractivity contribution in [3.05, 3.63) is 53.6 Å². The van der Waals surface area contributed by atoms with Crippen molar-refractivity contribution >= 4 is 23.4 Å². The summed E-state index contributed by atoms with van der Waals surface area (Å²) in [6.45, 7) is 4.32. The van der Waals surface area contributed by atoms with Crippen LogP contribution in [0.15, 0.2) is 42.5 Å². The fourth-order valence-corrected chi connectivity index (χ4v) is 4.18. The Balaban J connectivity index is 2.00. The third-order valence-corrected chi connectivity index (χ3v) is 5.60. The summed E-state index contributed by atoms with van der Waals surface area (Å²) in [5, 5.41) is -0.123. The molecule has 1 heterocycles. The predicted molar refractivity (Wildman–Crippen MR) is 103 cm³/mol. The molecule has 1 amide bonds. The topological polar surface area (TPSA) is 38.8 Å². The third kappa shape index (κ3) is 3.47. The lowest BCUT2D eigenvalue weighted by molar-refractivity contribution is -0.115. The van der Waals surface area contributed by atoms with Gasteiger partial charge in [0.1, 0.15) is 16.9 Å². The molecule has 1 unspecified atom stereocenters. The monoisotopic (exact) mass is 357 g/mol. The van der Waals surface area contributed by atoms with E-state index in [1.807, 2.05) is 35.2 Å². The van der Waals surface area contributed by atoms with Gasteiger partial charge in [-0.1, -0.05) is 26.0 Å².